The summed E-state index contributed by atoms with van der Waals surface area (Å²) in [7, 11) is 1.59. The van der Waals surface area contributed by atoms with Crippen molar-refractivity contribution in [3.05, 3.63) is 24.3 Å². The molecule has 0 unspecified atom stereocenters. The highest BCUT2D eigenvalue weighted by Gasteiger charge is 2.25. The lowest BCUT2D eigenvalue weighted by Crippen LogP contribution is -2.38. The maximum atomic E-state index is 11.7. The van der Waals surface area contributed by atoms with Gasteiger partial charge in [-0.1, -0.05) is 24.0 Å². The normalized spacial score (nSPS) is 10.3. The lowest BCUT2D eigenvalue weighted by atomic mass is 9.95. The van der Waals surface area contributed by atoms with Crippen LogP contribution in [-0.4, -0.2) is 32.0 Å². The average molecular weight is 310 g/mol. The van der Waals surface area contributed by atoms with Crippen molar-refractivity contribution < 1.29 is 14.3 Å². The highest BCUT2D eigenvalue weighted by Crippen LogP contribution is 2.25. The maximum absolute atomic E-state index is 11.7. The number of hydrogen-bond acceptors (Lipinski definition) is 3. The molecule has 1 aromatic rings. The van der Waals surface area contributed by atoms with Gasteiger partial charge in [-0.15, -0.1) is 11.6 Å². The fourth-order valence-electron chi connectivity index (χ4n) is 1.39. The fourth-order valence-corrected chi connectivity index (χ4v) is 1.51. The highest BCUT2D eigenvalue weighted by molar-refractivity contribution is 6.19. The first kappa shape index (κ1) is 17.2. The SMILES string of the molecule is COc1ccccc1OCC#CCNC(=O)C(C)(C)CCl. The molecule has 1 rings (SSSR count). The molecule has 5 heteroatoms. The molecule has 0 saturated heterocycles. The molecule has 0 aliphatic carbocycles. The Balaban J connectivity index is 2.36. The van der Waals surface area contributed by atoms with Gasteiger partial charge in [-0.3, -0.25) is 4.79 Å². The number of alkyl halides is 1. The van der Waals surface area contributed by atoms with Gasteiger partial charge >= 0.3 is 0 Å². The van der Waals surface area contributed by atoms with E-state index < -0.39 is 5.41 Å². The second-order valence-electron chi connectivity index (χ2n) is 4.99. The summed E-state index contributed by atoms with van der Waals surface area (Å²) in [6.07, 6.45) is 0. The van der Waals surface area contributed by atoms with Gasteiger partial charge in [0.25, 0.3) is 0 Å². The van der Waals surface area contributed by atoms with E-state index in [1.54, 1.807) is 21.0 Å². The zero-order chi connectivity index (χ0) is 15.7. The molecule has 0 bridgehead atoms. The molecule has 4 nitrogen and oxygen atoms in total. The molecular formula is C16H20ClNO3. The Hall–Kier alpha value is -1.86. The minimum atomic E-state index is -0.586. The highest BCUT2D eigenvalue weighted by atomic mass is 35.5. The van der Waals surface area contributed by atoms with Crippen molar-refractivity contribution in [2.75, 3.05) is 26.1 Å². The van der Waals surface area contributed by atoms with Crippen molar-refractivity contribution in [3.8, 4) is 23.3 Å². The Bertz CT molecular complexity index is 532. The summed E-state index contributed by atoms with van der Waals surface area (Å²) >= 11 is 5.72. The molecule has 114 valence electrons. The quantitative estimate of drug-likeness (QED) is 0.648. The molecule has 0 heterocycles. The molecule has 1 aromatic carbocycles. The predicted octanol–water partition coefficient (Wildman–Crippen LogP) is 2.46. The second-order valence-corrected chi connectivity index (χ2v) is 5.26. The molecule has 0 atom stereocenters. The zero-order valence-electron chi connectivity index (χ0n) is 12.5. The third-order valence-corrected chi connectivity index (χ3v) is 3.45. The first-order valence-electron chi connectivity index (χ1n) is 6.57. The first-order valence-corrected chi connectivity index (χ1v) is 7.10. The first-order chi connectivity index (χ1) is 10.0. The van der Waals surface area contributed by atoms with Gasteiger partial charge in [-0.2, -0.15) is 0 Å². The van der Waals surface area contributed by atoms with Gasteiger partial charge in [-0.05, 0) is 26.0 Å². The van der Waals surface area contributed by atoms with Crippen LogP contribution in [-0.2, 0) is 4.79 Å². The van der Waals surface area contributed by atoms with E-state index in [9.17, 15) is 4.79 Å². The average Bonchev–Trinajstić information content (AvgIpc) is 2.50. The van der Waals surface area contributed by atoms with Crippen LogP contribution in [0.3, 0.4) is 0 Å². The van der Waals surface area contributed by atoms with Gasteiger partial charge in [0.15, 0.2) is 11.5 Å². The van der Waals surface area contributed by atoms with Crippen LogP contribution in [0.4, 0.5) is 0 Å². The topological polar surface area (TPSA) is 47.6 Å². The Kier molecular flexibility index (Phi) is 6.90. The van der Waals surface area contributed by atoms with E-state index in [2.05, 4.69) is 17.2 Å². The van der Waals surface area contributed by atoms with Gasteiger partial charge in [0, 0.05) is 5.88 Å². The third-order valence-electron chi connectivity index (χ3n) is 2.78. The molecule has 0 spiro atoms. The molecule has 0 fully saturated rings. The maximum Gasteiger partial charge on any atom is 0.227 e. The number of hydrogen-bond donors (Lipinski definition) is 1. The Morgan fingerprint density at radius 1 is 1.29 bits per heavy atom. The molecule has 0 aromatic heterocycles. The molecule has 1 N–H and O–H groups in total. The van der Waals surface area contributed by atoms with Crippen molar-refractivity contribution in [2.45, 2.75) is 13.8 Å². The predicted molar refractivity (Wildman–Crippen MR) is 83.8 cm³/mol. The standard InChI is InChI=1S/C16H20ClNO3/c1-16(2,12-17)15(19)18-10-6-7-11-21-14-9-5-4-8-13(14)20-3/h4-5,8-9H,10-12H2,1-3H3,(H,18,19). The van der Waals surface area contributed by atoms with E-state index in [0.717, 1.165) is 0 Å². The number of benzene rings is 1. The summed E-state index contributed by atoms with van der Waals surface area (Å²) in [5.41, 5.74) is -0.586. The Morgan fingerprint density at radius 2 is 1.95 bits per heavy atom. The molecule has 1 amide bonds. The number of rotatable bonds is 6. The second kappa shape index (κ2) is 8.43. The number of ether oxygens (including phenoxy) is 2. The van der Waals surface area contributed by atoms with Crippen molar-refractivity contribution in [2.24, 2.45) is 5.41 Å². The van der Waals surface area contributed by atoms with E-state index in [1.165, 1.54) is 0 Å². The molecule has 0 radical (unpaired) electrons. The summed E-state index contributed by atoms with van der Waals surface area (Å²) in [5.74, 6) is 7.12. The summed E-state index contributed by atoms with van der Waals surface area (Å²) in [6, 6.07) is 7.35. The lowest BCUT2D eigenvalue weighted by Gasteiger charge is -2.19. The number of carbonyl (C=O) groups excluding carboxylic acids is 1. The molecular weight excluding hydrogens is 290 g/mol. The minimum Gasteiger partial charge on any atom is -0.493 e. The van der Waals surface area contributed by atoms with Gasteiger partial charge in [0.2, 0.25) is 5.91 Å². The van der Waals surface area contributed by atoms with Crippen LogP contribution < -0.4 is 14.8 Å². The van der Waals surface area contributed by atoms with Crippen LogP contribution in [0.15, 0.2) is 24.3 Å². The molecule has 0 saturated carbocycles. The molecule has 21 heavy (non-hydrogen) atoms. The van der Waals surface area contributed by atoms with Crippen LogP contribution in [0.2, 0.25) is 0 Å². The van der Waals surface area contributed by atoms with Gasteiger partial charge < -0.3 is 14.8 Å². The van der Waals surface area contributed by atoms with Crippen LogP contribution >= 0.6 is 11.6 Å². The number of para-hydroxylation sites is 2. The third kappa shape index (κ3) is 5.57. The molecule has 0 aliphatic rings. The zero-order valence-corrected chi connectivity index (χ0v) is 13.3. The Labute approximate surface area is 130 Å². The van der Waals surface area contributed by atoms with Crippen LogP contribution in [0, 0.1) is 17.3 Å². The van der Waals surface area contributed by atoms with Gasteiger partial charge in [0.05, 0.1) is 19.1 Å². The van der Waals surface area contributed by atoms with Gasteiger partial charge in [0.1, 0.15) is 6.61 Å². The summed E-state index contributed by atoms with van der Waals surface area (Å²) < 4.78 is 10.7. The monoisotopic (exact) mass is 309 g/mol. The summed E-state index contributed by atoms with van der Waals surface area (Å²) in [5, 5.41) is 2.72. The van der Waals surface area contributed by atoms with Crippen molar-refractivity contribution in [1.29, 1.82) is 0 Å². The molecule has 0 aliphatic heterocycles. The van der Waals surface area contributed by atoms with E-state index in [0.29, 0.717) is 11.5 Å². The van der Waals surface area contributed by atoms with E-state index in [-0.39, 0.29) is 24.9 Å². The lowest BCUT2D eigenvalue weighted by molar-refractivity contribution is -0.128. The number of amides is 1. The number of carbonyl (C=O) groups is 1. The van der Waals surface area contributed by atoms with Crippen molar-refractivity contribution >= 4 is 17.5 Å². The van der Waals surface area contributed by atoms with Crippen LogP contribution in [0.5, 0.6) is 11.5 Å². The summed E-state index contributed by atoms with van der Waals surface area (Å²) in [4.78, 5) is 11.7. The fraction of sp³-hybridized carbons (Fsp3) is 0.438. The smallest absolute Gasteiger partial charge is 0.227 e. The van der Waals surface area contributed by atoms with E-state index in [1.807, 2.05) is 24.3 Å². The van der Waals surface area contributed by atoms with Crippen molar-refractivity contribution in [3.63, 3.8) is 0 Å². The van der Waals surface area contributed by atoms with Crippen LogP contribution in [0.1, 0.15) is 13.8 Å². The van der Waals surface area contributed by atoms with Crippen LogP contribution in [0.25, 0.3) is 0 Å². The van der Waals surface area contributed by atoms with E-state index in [4.69, 9.17) is 21.1 Å². The summed E-state index contributed by atoms with van der Waals surface area (Å²) in [6.45, 7) is 4.07. The van der Waals surface area contributed by atoms with Gasteiger partial charge in [-0.25, -0.2) is 0 Å². The Morgan fingerprint density at radius 3 is 2.57 bits per heavy atom. The minimum absolute atomic E-state index is 0.113. The number of nitrogens with one attached hydrogen (secondary N) is 1. The largest absolute Gasteiger partial charge is 0.493 e. The van der Waals surface area contributed by atoms with Crippen molar-refractivity contribution in [1.82, 2.24) is 5.32 Å². The number of halogens is 1. The van der Waals surface area contributed by atoms with E-state index >= 15 is 0 Å². The number of methoxy groups -OCH3 is 1.